The molecule has 2 rings (SSSR count). The van der Waals surface area contributed by atoms with Crippen molar-refractivity contribution in [2.45, 2.75) is 32.8 Å². The highest BCUT2D eigenvalue weighted by Gasteiger charge is 2.24. The van der Waals surface area contributed by atoms with E-state index in [1.807, 2.05) is 25.1 Å². The maximum atomic E-state index is 11.7. The Labute approximate surface area is 180 Å². The van der Waals surface area contributed by atoms with Crippen molar-refractivity contribution in [1.29, 1.82) is 0 Å². The molecule has 6 nitrogen and oxygen atoms in total. The van der Waals surface area contributed by atoms with E-state index < -0.39 is 0 Å². The first-order chi connectivity index (χ1) is 12.7. The van der Waals surface area contributed by atoms with Crippen molar-refractivity contribution < 1.29 is 9.53 Å². The van der Waals surface area contributed by atoms with Crippen molar-refractivity contribution in [3.8, 4) is 0 Å². The molecule has 152 valence electrons. The summed E-state index contributed by atoms with van der Waals surface area (Å²) in [4.78, 5) is 18.3. The van der Waals surface area contributed by atoms with Crippen molar-refractivity contribution in [2.24, 2.45) is 10.9 Å². The van der Waals surface area contributed by atoms with Gasteiger partial charge in [0, 0.05) is 45.6 Å². The summed E-state index contributed by atoms with van der Waals surface area (Å²) in [5.41, 5.74) is 1.21. The number of likely N-dealkylation sites (tertiary alicyclic amines) is 1. The van der Waals surface area contributed by atoms with Crippen LogP contribution in [0.4, 0.5) is 0 Å². The smallest absolute Gasteiger partial charge is 0.221 e. The van der Waals surface area contributed by atoms with Crippen molar-refractivity contribution in [2.75, 3.05) is 39.8 Å². The minimum Gasteiger partial charge on any atom is -0.376 e. The average molecular weight is 488 g/mol. The van der Waals surface area contributed by atoms with E-state index in [2.05, 4.69) is 32.7 Å². The first-order valence-electron chi connectivity index (χ1n) is 9.57. The monoisotopic (exact) mass is 488 g/mol. The Balaban J connectivity index is 0.00000364. The van der Waals surface area contributed by atoms with Crippen LogP contribution >= 0.6 is 24.0 Å². The standard InChI is InChI=1S/C20H32N4O2.HI/c1-3-11-22-19(25)9-12-23-20(21-2)24-13-10-18(14-24)16-26-15-17-7-5-4-6-8-17;/h4-8,18H,3,9-16H2,1-2H3,(H,21,23)(H,22,25);1H. The van der Waals surface area contributed by atoms with Crippen molar-refractivity contribution in [3.63, 3.8) is 0 Å². The van der Waals surface area contributed by atoms with E-state index in [0.29, 0.717) is 25.5 Å². The van der Waals surface area contributed by atoms with Gasteiger partial charge in [-0.3, -0.25) is 9.79 Å². The number of benzene rings is 1. The molecule has 1 heterocycles. The van der Waals surface area contributed by atoms with Gasteiger partial charge in [0.1, 0.15) is 0 Å². The van der Waals surface area contributed by atoms with Gasteiger partial charge in [0.05, 0.1) is 13.2 Å². The minimum absolute atomic E-state index is 0. The Morgan fingerprint density at radius 1 is 1.26 bits per heavy atom. The second-order valence-electron chi connectivity index (χ2n) is 6.68. The number of guanidine groups is 1. The topological polar surface area (TPSA) is 66.0 Å². The van der Waals surface area contributed by atoms with Crippen molar-refractivity contribution in [1.82, 2.24) is 15.5 Å². The van der Waals surface area contributed by atoms with Gasteiger partial charge >= 0.3 is 0 Å². The molecular weight excluding hydrogens is 455 g/mol. The first-order valence-corrected chi connectivity index (χ1v) is 9.57. The molecule has 7 heteroatoms. The third kappa shape index (κ3) is 8.92. The number of aliphatic imine (C=N–C) groups is 1. The molecule has 0 spiro atoms. The van der Waals surface area contributed by atoms with Gasteiger partial charge in [0.25, 0.3) is 0 Å². The van der Waals surface area contributed by atoms with E-state index in [-0.39, 0.29) is 29.9 Å². The zero-order valence-corrected chi connectivity index (χ0v) is 18.8. The SMILES string of the molecule is CCCNC(=O)CCNC(=NC)N1CCC(COCc2ccccc2)C1.I. The molecule has 27 heavy (non-hydrogen) atoms. The lowest BCUT2D eigenvalue weighted by molar-refractivity contribution is -0.120. The predicted molar refractivity (Wildman–Crippen MR) is 120 cm³/mol. The van der Waals surface area contributed by atoms with Crippen LogP contribution in [0.3, 0.4) is 0 Å². The number of amides is 1. The summed E-state index contributed by atoms with van der Waals surface area (Å²) in [6.45, 7) is 6.74. The number of hydrogen-bond acceptors (Lipinski definition) is 3. The molecule has 0 bridgehead atoms. The number of carbonyl (C=O) groups is 1. The van der Waals surface area contributed by atoms with E-state index in [9.17, 15) is 4.79 Å². The van der Waals surface area contributed by atoms with Gasteiger partial charge in [-0.15, -0.1) is 24.0 Å². The first kappa shape index (κ1) is 23.7. The van der Waals surface area contributed by atoms with E-state index in [4.69, 9.17) is 4.74 Å². The molecule has 1 aromatic rings. The molecule has 1 amide bonds. The molecule has 1 aliphatic rings. The number of rotatable bonds is 9. The molecule has 0 saturated carbocycles. The van der Waals surface area contributed by atoms with Crippen LogP contribution in [0.5, 0.6) is 0 Å². The molecule has 1 unspecified atom stereocenters. The van der Waals surface area contributed by atoms with Gasteiger partial charge in [0.15, 0.2) is 5.96 Å². The van der Waals surface area contributed by atoms with Crippen LogP contribution in [-0.2, 0) is 16.1 Å². The lowest BCUT2D eigenvalue weighted by Gasteiger charge is -2.21. The fraction of sp³-hybridized carbons (Fsp3) is 0.600. The molecule has 1 fully saturated rings. The van der Waals surface area contributed by atoms with Gasteiger partial charge < -0.3 is 20.3 Å². The maximum absolute atomic E-state index is 11.7. The number of nitrogens with zero attached hydrogens (tertiary/aromatic N) is 2. The second-order valence-corrected chi connectivity index (χ2v) is 6.68. The largest absolute Gasteiger partial charge is 0.376 e. The Morgan fingerprint density at radius 2 is 2.04 bits per heavy atom. The fourth-order valence-electron chi connectivity index (χ4n) is 3.05. The summed E-state index contributed by atoms with van der Waals surface area (Å²) < 4.78 is 5.88. The Hall–Kier alpha value is -1.35. The fourth-order valence-corrected chi connectivity index (χ4v) is 3.05. The van der Waals surface area contributed by atoms with E-state index in [1.54, 1.807) is 7.05 Å². The normalized spacial score (nSPS) is 16.7. The van der Waals surface area contributed by atoms with Crippen molar-refractivity contribution >= 4 is 35.8 Å². The Bertz CT molecular complexity index is 568. The van der Waals surface area contributed by atoms with E-state index >= 15 is 0 Å². The van der Waals surface area contributed by atoms with Gasteiger partial charge in [-0.2, -0.15) is 0 Å². The van der Waals surface area contributed by atoms with E-state index in [1.165, 1.54) is 5.56 Å². The summed E-state index contributed by atoms with van der Waals surface area (Å²) >= 11 is 0. The van der Waals surface area contributed by atoms with Crippen LogP contribution in [0.2, 0.25) is 0 Å². The van der Waals surface area contributed by atoms with Crippen LogP contribution in [0.15, 0.2) is 35.3 Å². The molecule has 1 atom stereocenters. The van der Waals surface area contributed by atoms with Crippen LogP contribution in [-0.4, -0.2) is 56.6 Å². The Morgan fingerprint density at radius 3 is 2.74 bits per heavy atom. The Kier molecular flexibility index (Phi) is 12.1. The summed E-state index contributed by atoms with van der Waals surface area (Å²) in [6.07, 6.45) is 2.53. The molecular formula is C20H33IN4O2. The second kappa shape index (κ2) is 13.8. The summed E-state index contributed by atoms with van der Waals surface area (Å²) in [6, 6.07) is 10.3. The van der Waals surface area contributed by atoms with Crippen LogP contribution < -0.4 is 10.6 Å². The quantitative estimate of drug-likeness (QED) is 0.319. The lowest BCUT2D eigenvalue weighted by Crippen LogP contribution is -2.41. The highest BCUT2D eigenvalue weighted by molar-refractivity contribution is 14.0. The van der Waals surface area contributed by atoms with E-state index in [0.717, 1.165) is 45.0 Å². The summed E-state index contributed by atoms with van der Waals surface area (Å²) in [7, 11) is 1.79. The van der Waals surface area contributed by atoms with Gasteiger partial charge in [-0.25, -0.2) is 0 Å². The molecule has 0 aliphatic carbocycles. The molecule has 2 N–H and O–H groups in total. The number of ether oxygens (including phenoxy) is 1. The molecule has 1 aromatic carbocycles. The highest BCUT2D eigenvalue weighted by Crippen LogP contribution is 2.17. The van der Waals surface area contributed by atoms with Gasteiger partial charge in [-0.1, -0.05) is 37.3 Å². The number of halogens is 1. The van der Waals surface area contributed by atoms with Crippen LogP contribution in [0.25, 0.3) is 0 Å². The van der Waals surface area contributed by atoms with Crippen molar-refractivity contribution in [3.05, 3.63) is 35.9 Å². The minimum atomic E-state index is 0. The summed E-state index contributed by atoms with van der Waals surface area (Å²) in [5.74, 6) is 1.48. The average Bonchev–Trinajstić information content (AvgIpc) is 3.13. The molecule has 0 radical (unpaired) electrons. The predicted octanol–water partition coefficient (Wildman–Crippen LogP) is 2.63. The molecule has 0 aromatic heterocycles. The highest BCUT2D eigenvalue weighted by atomic mass is 127. The number of carbonyl (C=O) groups excluding carboxylic acids is 1. The molecule has 1 aliphatic heterocycles. The number of nitrogens with one attached hydrogen (secondary N) is 2. The number of hydrogen-bond donors (Lipinski definition) is 2. The van der Waals surface area contributed by atoms with Crippen LogP contribution in [0.1, 0.15) is 31.7 Å². The summed E-state index contributed by atoms with van der Waals surface area (Å²) in [5, 5.41) is 6.18. The van der Waals surface area contributed by atoms with Gasteiger partial charge in [-0.05, 0) is 18.4 Å². The third-order valence-electron chi connectivity index (χ3n) is 4.47. The van der Waals surface area contributed by atoms with Gasteiger partial charge in [0.2, 0.25) is 5.91 Å². The third-order valence-corrected chi connectivity index (χ3v) is 4.47. The zero-order chi connectivity index (χ0) is 18.6. The van der Waals surface area contributed by atoms with Crippen LogP contribution in [0, 0.1) is 5.92 Å². The molecule has 1 saturated heterocycles. The zero-order valence-electron chi connectivity index (χ0n) is 16.4. The maximum Gasteiger partial charge on any atom is 0.221 e. The lowest BCUT2D eigenvalue weighted by atomic mass is 10.1.